The van der Waals surface area contributed by atoms with Gasteiger partial charge in [-0.3, -0.25) is 0 Å². The monoisotopic (exact) mass is 462 g/mol. The fraction of sp³-hybridized carbons (Fsp3) is 0.750. The van der Waals surface area contributed by atoms with Crippen molar-refractivity contribution in [3.05, 3.63) is 11.8 Å². The maximum Gasteiger partial charge on any atom is 0.423 e. The van der Waals surface area contributed by atoms with Crippen LogP contribution in [0.15, 0.2) is 6.20 Å². The van der Waals surface area contributed by atoms with Gasteiger partial charge in [0, 0.05) is 19.3 Å². The Morgan fingerprint density at radius 3 is 2.53 bits per heavy atom. The summed E-state index contributed by atoms with van der Waals surface area (Å²) in [6.45, 7) is -1.04. The summed E-state index contributed by atoms with van der Waals surface area (Å²) in [6, 6.07) is -0.941. The number of anilines is 1. The van der Waals surface area contributed by atoms with Gasteiger partial charge in [-0.15, -0.1) is 0 Å². The molecule has 0 amide bonds. The van der Waals surface area contributed by atoms with Gasteiger partial charge in [-0.1, -0.05) is 0 Å². The molecule has 1 saturated heterocycles. The lowest BCUT2D eigenvalue weighted by Crippen LogP contribution is -2.49. The van der Waals surface area contributed by atoms with Crippen molar-refractivity contribution in [1.29, 1.82) is 0 Å². The molecular weight excluding hydrogens is 442 g/mol. The molecule has 0 unspecified atom stereocenters. The fourth-order valence-electron chi connectivity index (χ4n) is 3.05. The number of nitrogens with zero attached hydrogens (tertiary/aromatic N) is 3. The fourth-order valence-corrected chi connectivity index (χ4v) is 3.90. The van der Waals surface area contributed by atoms with Crippen LogP contribution in [-0.2, 0) is 16.2 Å². The highest BCUT2D eigenvalue weighted by molar-refractivity contribution is 7.88. The second-order valence-corrected chi connectivity index (χ2v) is 9.52. The normalized spacial score (nSPS) is 24.7. The number of piperidine rings is 1. The molecular formula is C16H20F6N4O3S. The molecule has 2 atom stereocenters. The number of sulfonamides is 1. The summed E-state index contributed by atoms with van der Waals surface area (Å²) < 4.78 is 109. The van der Waals surface area contributed by atoms with Crippen molar-refractivity contribution in [3.8, 4) is 5.88 Å². The minimum atomic E-state index is -4.88. The van der Waals surface area contributed by atoms with E-state index in [4.69, 9.17) is 4.74 Å². The lowest BCUT2D eigenvalue weighted by atomic mass is 10.1. The van der Waals surface area contributed by atoms with Gasteiger partial charge in [0.1, 0.15) is 18.3 Å². The van der Waals surface area contributed by atoms with Crippen LogP contribution >= 0.6 is 0 Å². The van der Waals surface area contributed by atoms with Gasteiger partial charge in [0.05, 0.1) is 17.7 Å². The average Bonchev–Trinajstić information content (AvgIpc) is 3.41. The molecule has 0 bridgehead atoms. The van der Waals surface area contributed by atoms with E-state index in [1.165, 1.54) is 0 Å². The van der Waals surface area contributed by atoms with Crippen molar-refractivity contribution in [2.75, 3.05) is 31.3 Å². The molecule has 1 aromatic heterocycles. The lowest BCUT2D eigenvalue weighted by molar-refractivity contribution is -0.139. The highest BCUT2D eigenvalue weighted by Gasteiger charge is 2.52. The third-order valence-corrected chi connectivity index (χ3v) is 6.47. The number of hydrogen-bond donors (Lipinski definition) is 1. The molecule has 7 nitrogen and oxygen atoms in total. The Morgan fingerprint density at radius 1 is 1.37 bits per heavy atom. The van der Waals surface area contributed by atoms with Crippen LogP contribution in [0.1, 0.15) is 24.8 Å². The van der Waals surface area contributed by atoms with Gasteiger partial charge < -0.3 is 10.1 Å². The highest BCUT2D eigenvalue weighted by Crippen LogP contribution is 2.51. The molecule has 170 valence electrons. The third kappa shape index (κ3) is 5.07. The van der Waals surface area contributed by atoms with Crippen LogP contribution in [-0.4, -0.2) is 67.3 Å². The predicted molar refractivity (Wildman–Crippen MR) is 93.5 cm³/mol. The summed E-state index contributed by atoms with van der Waals surface area (Å²) in [7, 11) is -3.58. The number of hydrogen-bond acceptors (Lipinski definition) is 6. The van der Waals surface area contributed by atoms with E-state index in [9.17, 15) is 34.8 Å². The topological polar surface area (TPSA) is 84.4 Å². The second kappa shape index (κ2) is 8.02. The number of ether oxygens (including phenoxy) is 1. The van der Waals surface area contributed by atoms with Crippen LogP contribution in [0, 0.1) is 5.41 Å². The van der Waals surface area contributed by atoms with Crippen LogP contribution in [0.3, 0.4) is 0 Å². The quantitative estimate of drug-likeness (QED) is 0.628. The Hall–Kier alpha value is -1.83. The Bertz CT molecular complexity index is 878. The first-order valence-electron chi connectivity index (χ1n) is 9.03. The van der Waals surface area contributed by atoms with Gasteiger partial charge in [-0.05, 0) is 19.3 Å². The standard InChI is InChI=1S/C16H20F6N4O3S/c1-30(27,28)26-5-2-11(10(17)7-26)24-14-23-6-9(16(20,21)22)12(25-14)29-8-15(3-4-15)13(18)19/h6,10-11,13H,2-5,7-8H2,1H3,(H,23,24,25)/t10-,11-/m1/s1. The summed E-state index contributed by atoms with van der Waals surface area (Å²) in [4.78, 5) is 7.15. The van der Waals surface area contributed by atoms with Gasteiger partial charge in [0.2, 0.25) is 28.3 Å². The number of nitrogens with one attached hydrogen (secondary N) is 1. The molecule has 0 spiro atoms. The van der Waals surface area contributed by atoms with Crippen molar-refractivity contribution < 1.29 is 39.5 Å². The first kappa shape index (κ1) is 22.8. The zero-order chi connectivity index (χ0) is 22.3. The van der Waals surface area contributed by atoms with E-state index in [0.717, 1.165) is 10.6 Å². The summed E-state index contributed by atoms with van der Waals surface area (Å²) in [5, 5.41) is 2.54. The van der Waals surface area contributed by atoms with Crippen molar-refractivity contribution >= 4 is 16.0 Å². The van der Waals surface area contributed by atoms with Crippen molar-refractivity contribution in [2.45, 2.75) is 44.1 Å². The molecule has 2 aliphatic rings. The lowest BCUT2D eigenvalue weighted by Gasteiger charge is -2.33. The number of alkyl halides is 6. The van der Waals surface area contributed by atoms with Crippen LogP contribution in [0.2, 0.25) is 0 Å². The van der Waals surface area contributed by atoms with Crippen molar-refractivity contribution in [2.24, 2.45) is 5.41 Å². The molecule has 2 fully saturated rings. The number of rotatable bonds is 7. The summed E-state index contributed by atoms with van der Waals surface area (Å²) >= 11 is 0. The van der Waals surface area contributed by atoms with E-state index >= 15 is 0 Å². The molecule has 1 aromatic rings. The third-order valence-electron chi connectivity index (χ3n) is 5.20. The minimum absolute atomic E-state index is 0.0117. The Morgan fingerprint density at radius 2 is 2.03 bits per heavy atom. The Balaban J connectivity index is 1.74. The van der Waals surface area contributed by atoms with E-state index < -0.39 is 64.8 Å². The number of halogens is 6. The van der Waals surface area contributed by atoms with E-state index in [1.807, 2.05) is 0 Å². The molecule has 1 aliphatic heterocycles. The van der Waals surface area contributed by atoms with Gasteiger partial charge in [0.25, 0.3) is 0 Å². The minimum Gasteiger partial charge on any atom is -0.476 e. The molecule has 3 rings (SSSR count). The van der Waals surface area contributed by atoms with E-state index in [0.29, 0.717) is 6.20 Å². The number of aromatic nitrogens is 2. The van der Waals surface area contributed by atoms with Crippen molar-refractivity contribution in [3.63, 3.8) is 0 Å². The molecule has 30 heavy (non-hydrogen) atoms. The maximum absolute atomic E-state index is 14.4. The molecule has 2 heterocycles. The zero-order valence-electron chi connectivity index (χ0n) is 15.8. The smallest absolute Gasteiger partial charge is 0.423 e. The predicted octanol–water partition coefficient (Wildman–Crippen LogP) is 2.70. The first-order chi connectivity index (χ1) is 13.8. The van der Waals surface area contributed by atoms with E-state index in [-0.39, 0.29) is 31.8 Å². The molecule has 0 aromatic carbocycles. The molecule has 14 heteroatoms. The van der Waals surface area contributed by atoms with Gasteiger partial charge >= 0.3 is 6.18 Å². The summed E-state index contributed by atoms with van der Waals surface area (Å²) in [5.74, 6) is -1.30. The second-order valence-electron chi connectivity index (χ2n) is 7.54. The van der Waals surface area contributed by atoms with Crippen LogP contribution < -0.4 is 10.1 Å². The Kier molecular flexibility index (Phi) is 6.11. The van der Waals surface area contributed by atoms with E-state index in [2.05, 4.69) is 15.3 Å². The van der Waals surface area contributed by atoms with Crippen LogP contribution in [0.5, 0.6) is 5.88 Å². The molecule has 1 saturated carbocycles. The molecule has 1 aliphatic carbocycles. The largest absolute Gasteiger partial charge is 0.476 e. The molecule has 1 N–H and O–H groups in total. The van der Waals surface area contributed by atoms with Gasteiger partial charge in [0.15, 0.2) is 0 Å². The maximum atomic E-state index is 14.4. The van der Waals surface area contributed by atoms with Crippen molar-refractivity contribution in [1.82, 2.24) is 14.3 Å². The van der Waals surface area contributed by atoms with Crippen LogP contribution in [0.4, 0.5) is 32.3 Å². The summed E-state index contributed by atoms with van der Waals surface area (Å²) in [6.07, 6.45) is -7.60. The average molecular weight is 462 g/mol. The van der Waals surface area contributed by atoms with Gasteiger partial charge in [-0.2, -0.15) is 22.5 Å². The van der Waals surface area contributed by atoms with Gasteiger partial charge in [-0.25, -0.2) is 26.6 Å². The first-order valence-corrected chi connectivity index (χ1v) is 10.9. The zero-order valence-corrected chi connectivity index (χ0v) is 16.6. The Labute approximate surface area is 168 Å². The SMILES string of the molecule is CS(=O)(=O)N1CC[C@@H](Nc2ncc(C(F)(F)F)c(OCC3(C(F)F)CC3)n2)[C@H](F)C1. The van der Waals surface area contributed by atoms with E-state index in [1.54, 1.807) is 0 Å². The summed E-state index contributed by atoms with van der Waals surface area (Å²) in [5.41, 5.74) is -2.81. The highest BCUT2D eigenvalue weighted by atomic mass is 32.2. The van der Waals surface area contributed by atoms with Crippen LogP contribution in [0.25, 0.3) is 0 Å². The molecule has 0 radical (unpaired) electrons.